The molecule has 0 radical (unpaired) electrons. The fraction of sp³-hybridized carbons (Fsp3) is 0.273. The third kappa shape index (κ3) is 2.61. The zero-order valence-corrected chi connectivity index (χ0v) is 9.24. The van der Waals surface area contributed by atoms with E-state index in [4.69, 9.17) is 0 Å². The summed E-state index contributed by atoms with van der Waals surface area (Å²) in [5, 5.41) is 12.8. The first-order valence-corrected chi connectivity index (χ1v) is 5.62. The van der Waals surface area contributed by atoms with Gasteiger partial charge in [0.15, 0.2) is 0 Å². The van der Waals surface area contributed by atoms with Gasteiger partial charge in [0.2, 0.25) is 0 Å². The van der Waals surface area contributed by atoms with Gasteiger partial charge in [-0.05, 0) is 18.6 Å². The molecular formula is C11H12N2OS. The Morgan fingerprint density at radius 3 is 2.87 bits per heavy atom. The van der Waals surface area contributed by atoms with Crippen molar-refractivity contribution in [2.75, 3.05) is 0 Å². The van der Waals surface area contributed by atoms with Gasteiger partial charge in [0, 0.05) is 29.9 Å². The Bertz CT molecular complexity index is 411. The van der Waals surface area contributed by atoms with Gasteiger partial charge in [0.1, 0.15) is 0 Å². The second-order valence-corrected chi connectivity index (χ2v) is 4.36. The van der Waals surface area contributed by atoms with Crippen LogP contribution < -0.4 is 0 Å². The Labute approximate surface area is 92.5 Å². The summed E-state index contributed by atoms with van der Waals surface area (Å²) >= 11 is 1.56. The first kappa shape index (κ1) is 10.3. The summed E-state index contributed by atoms with van der Waals surface area (Å²) in [7, 11) is 0. The Morgan fingerprint density at radius 1 is 1.40 bits per heavy atom. The van der Waals surface area contributed by atoms with Gasteiger partial charge in [0.25, 0.3) is 0 Å². The number of aliphatic hydroxyl groups excluding tert-OH is 1. The maximum atomic E-state index is 9.91. The largest absolute Gasteiger partial charge is 0.388 e. The number of hydrogen-bond acceptors (Lipinski definition) is 4. The Hall–Kier alpha value is -1.26. The highest BCUT2D eigenvalue weighted by atomic mass is 32.1. The summed E-state index contributed by atoms with van der Waals surface area (Å²) < 4.78 is 0. The number of aromatic nitrogens is 2. The molecule has 2 aromatic rings. The quantitative estimate of drug-likeness (QED) is 0.861. The van der Waals surface area contributed by atoms with Crippen molar-refractivity contribution in [2.24, 2.45) is 0 Å². The van der Waals surface area contributed by atoms with Crippen molar-refractivity contribution in [1.29, 1.82) is 0 Å². The van der Waals surface area contributed by atoms with E-state index in [1.807, 2.05) is 24.4 Å². The maximum Gasteiger partial charge on any atom is 0.0954 e. The molecule has 0 aliphatic heterocycles. The molecule has 0 spiro atoms. The van der Waals surface area contributed by atoms with Crippen LogP contribution in [0.3, 0.4) is 0 Å². The number of nitrogens with zero attached hydrogens (tertiary/aromatic N) is 2. The van der Waals surface area contributed by atoms with Crippen molar-refractivity contribution in [3.8, 4) is 0 Å². The number of aliphatic hydroxyl groups is 1. The average molecular weight is 220 g/mol. The Morgan fingerprint density at radius 2 is 2.27 bits per heavy atom. The number of hydrogen-bond donors (Lipinski definition) is 1. The van der Waals surface area contributed by atoms with Crippen molar-refractivity contribution in [3.63, 3.8) is 0 Å². The second kappa shape index (κ2) is 4.51. The first-order chi connectivity index (χ1) is 7.25. The summed E-state index contributed by atoms with van der Waals surface area (Å²) in [4.78, 5) is 8.29. The van der Waals surface area contributed by atoms with E-state index in [0.717, 1.165) is 16.3 Å². The average Bonchev–Trinajstić information content (AvgIpc) is 2.71. The minimum atomic E-state index is -0.510. The molecule has 1 atom stereocenters. The highest BCUT2D eigenvalue weighted by molar-refractivity contribution is 7.09. The third-order valence-electron chi connectivity index (χ3n) is 2.17. The number of pyridine rings is 1. The Kier molecular flexibility index (Phi) is 3.08. The van der Waals surface area contributed by atoms with Gasteiger partial charge in [-0.1, -0.05) is 6.07 Å². The maximum absolute atomic E-state index is 9.91. The molecule has 0 aliphatic carbocycles. The monoisotopic (exact) mass is 220 g/mol. The van der Waals surface area contributed by atoms with Crippen molar-refractivity contribution < 1.29 is 5.11 Å². The molecule has 0 aromatic carbocycles. The fourth-order valence-electron chi connectivity index (χ4n) is 1.31. The van der Waals surface area contributed by atoms with Gasteiger partial charge in [-0.25, -0.2) is 4.98 Å². The highest BCUT2D eigenvalue weighted by Gasteiger charge is 2.10. The molecule has 0 saturated carbocycles. The summed E-state index contributed by atoms with van der Waals surface area (Å²) in [6, 6.07) is 3.81. The van der Waals surface area contributed by atoms with E-state index in [-0.39, 0.29) is 0 Å². The highest BCUT2D eigenvalue weighted by Crippen LogP contribution is 2.18. The molecule has 78 valence electrons. The second-order valence-electron chi connectivity index (χ2n) is 3.38. The van der Waals surface area contributed by atoms with Crippen LogP contribution in [0.1, 0.15) is 22.4 Å². The van der Waals surface area contributed by atoms with Gasteiger partial charge >= 0.3 is 0 Å². The van der Waals surface area contributed by atoms with Crippen molar-refractivity contribution >= 4 is 11.3 Å². The SMILES string of the molecule is Cc1ccc(C(O)Cc2nccs2)cn1. The van der Waals surface area contributed by atoms with E-state index in [0.29, 0.717) is 6.42 Å². The molecular weight excluding hydrogens is 208 g/mol. The molecule has 0 fully saturated rings. The van der Waals surface area contributed by atoms with E-state index in [1.54, 1.807) is 23.7 Å². The van der Waals surface area contributed by atoms with E-state index in [2.05, 4.69) is 9.97 Å². The lowest BCUT2D eigenvalue weighted by Crippen LogP contribution is -2.02. The summed E-state index contributed by atoms with van der Waals surface area (Å²) in [6.45, 7) is 1.93. The molecule has 2 heterocycles. The molecule has 0 aliphatic rings. The van der Waals surface area contributed by atoms with Gasteiger partial charge in [0.05, 0.1) is 11.1 Å². The molecule has 15 heavy (non-hydrogen) atoms. The van der Waals surface area contributed by atoms with Crippen LogP contribution in [-0.2, 0) is 6.42 Å². The van der Waals surface area contributed by atoms with E-state index < -0.39 is 6.10 Å². The zero-order valence-electron chi connectivity index (χ0n) is 8.42. The van der Waals surface area contributed by atoms with Gasteiger partial charge in [-0.2, -0.15) is 0 Å². The molecule has 0 amide bonds. The lowest BCUT2D eigenvalue weighted by molar-refractivity contribution is 0.178. The molecule has 1 N–H and O–H groups in total. The van der Waals surface area contributed by atoms with Crippen molar-refractivity contribution in [3.05, 3.63) is 46.2 Å². The van der Waals surface area contributed by atoms with Crippen LogP contribution >= 0.6 is 11.3 Å². The van der Waals surface area contributed by atoms with Crippen LogP contribution in [0.15, 0.2) is 29.9 Å². The number of aryl methyl sites for hydroxylation is 1. The molecule has 0 saturated heterocycles. The smallest absolute Gasteiger partial charge is 0.0954 e. The van der Waals surface area contributed by atoms with Gasteiger partial charge < -0.3 is 5.11 Å². The van der Waals surface area contributed by atoms with E-state index in [9.17, 15) is 5.11 Å². The normalized spacial score (nSPS) is 12.7. The molecule has 4 heteroatoms. The van der Waals surface area contributed by atoms with E-state index >= 15 is 0 Å². The van der Waals surface area contributed by atoms with Crippen molar-refractivity contribution in [2.45, 2.75) is 19.4 Å². The Balaban J connectivity index is 2.08. The summed E-state index contributed by atoms with van der Waals surface area (Å²) in [5.41, 5.74) is 1.80. The summed E-state index contributed by atoms with van der Waals surface area (Å²) in [5.74, 6) is 0. The predicted molar refractivity (Wildman–Crippen MR) is 59.8 cm³/mol. The van der Waals surface area contributed by atoms with Crippen LogP contribution in [0, 0.1) is 6.92 Å². The van der Waals surface area contributed by atoms with Crippen LogP contribution in [0.4, 0.5) is 0 Å². The third-order valence-corrected chi connectivity index (χ3v) is 2.97. The standard InChI is InChI=1S/C11H12N2OS/c1-8-2-3-9(7-13-8)10(14)6-11-12-4-5-15-11/h2-5,7,10,14H,6H2,1H3. The lowest BCUT2D eigenvalue weighted by Gasteiger charge is -2.08. The van der Waals surface area contributed by atoms with Crippen LogP contribution in [0.2, 0.25) is 0 Å². The van der Waals surface area contributed by atoms with Gasteiger partial charge in [-0.15, -0.1) is 11.3 Å². The molecule has 1 unspecified atom stereocenters. The predicted octanol–water partition coefficient (Wildman–Crippen LogP) is 2.12. The fourth-order valence-corrected chi connectivity index (χ4v) is 1.97. The van der Waals surface area contributed by atoms with E-state index in [1.165, 1.54) is 0 Å². The number of thiazole rings is 1. The molecule has 3 nitrogen and oxygen atoms in total. The summed E-state index contributed by atoms with van der Waals surface area (Å²) in [6.07, 6.45) is 3.51. The minimum absolute atomic E-state index is 0.510. The molecule has 0 bridgehead atoms. The molecule has 2 aromatic heterocycles. The van der Waals surface area contributed by atoms with Crippen LogP contribution in [0.5, 0.6) is 0 Å². The van der Waals surface area contributed by atoms with Crippen LogP contribution in [0.25, 0.3) is 0 Å². The zero-order chi connectivity index (χ0) is 10.7. The number of rotatable bonds is 3. The van der Waals surface area contributed by atoms with Crippen molar-refractivity contribution in [1.82, 2.24) is 9.97 Å². The minimum Gasteiger partial charge on any atom is -0.388 e. The molecule has 2 rings (SSSR count). The first-order valence-electron chi connectivity index (χ1n) is 4.74. The lowest BCUT2D eigenvalue weighted by atomic mass is 10.1. The van der Waals surface area contributed by atoms with Gasteiger partial charge in [-0.3, -0.25) is 4.98 Å². The van der Waals surface area contributed by atoms with Crippen LogP contribution in [-0.4, -0.2) is 15.1 Å². The topological polar surface area (TPSA) is 46.0 Å².